The van der Waals surface area contributed by atoms with Crippen molar-refractivity contribution in [1.29, 1.82) is 0 Å². The van der Waals surface area contributed by atoms with Gasteiger partial charge in [-0.3, -0.25) is 10.0 Å². The second-order valence-corrected chi connectivity index (χ2v) is 8.33. The van der Waals surface area contributed by atoms with Crippen LogP contribution in [0.15, 0.2) is 60.7 Å². The SMILES string of the molecule is O=C(Nc1ccc2c(c1)N(Cc1ccc(C(=O)NO)cc1)CC2)Nc1ccc(Cl)c(C(F)(F)F)c1. The van der Waals surface area contributed by atoms with Crippen molar-refractivity contribution in [3.63, 3.8) is 0 Å². The fraction of sp³-hybridized carbons (Fsp3) is 0.167. The Morgan fingerprint density at radius 1 is 0.971 bits per heavy atom. The zero-order valence-corrected chi connectivity index (χ0v) is 18.9. The van der Waals surface area contributed by atoms with Gasteiger partial charge < -0.3 is 15.5 Å². The number of hydrogen-bond acceptors (Lipinski definition) is 4. The number of benzene rings is 3. The van der Waals surface area contributed by atoms with E-state index in [1.165, 1.54) is 6.07 Å². The van der Waals surface area contributed by atoms with Crippen LogP contribution < -0.4 is 21.0 Å². The lowest BCUT2D eigenvalue weighted by molar-refractivity contribution is -0.137. The van der Waals surface area contributed by atoms with Gasteiger partial charge in [0.2, 0.25) is 0 Å². The number of hydrogen-bond donors (Lipinski definition) is 4. The molecule has 35 heavy (non-hydrogen) atoms. The molecule has 3 aromatic carbocycles. The van der Waals surface area contributed by atoms with E-state index in [0.717, 1.165) is 41.9 Å². The van der Waals surface area contributed by atoms with Crippen LogP contribution in [-0.4, -0.2) is 23.7 Å². The van der Waals surface area contributed by atoms with Crippen LogP contribution in [0.4, 0.5) is 35.0 Å². The minimum atomic E-state index is -4.64. The fourth-order valence-corrected chi connectivity index (χ4v) is 4.07. The van der Waals surface area contributed by atoms with Gasteiger partial charge in [0.1, 0.15) is 0 Å². The smallest absolute Gasteiger partial charge is 0.367 e. The zero-order chi connectivity index (χ0) is 25.2. The molecule has 0 bridgehead atoms. The summed E-state index contributed by atoms with van der Waals surface area (Å²) in [5, 5.41) is 13.3. The van der Waals surface area contributed by atoms with Crippen molar-refractivity contribution in [2.45, 2.75) is 19.1 Å². The average molecular weight is 505 g/mol. The number of halogens is 4. The molecule has 4 N–H and O–H groups in total. The Bertz CT molecular complexity index is 1270. The van der Waals surface area contributed by atoms with E-state index in [-0.39, 0.29) is 5.69 Å². The molecular weight excluding hydrogens is 485 g/mol. The van der Waals surface area contributed by atoms with Crippen LogP contribution in [0.1, 0.15) is 27.0 Å². The van der Waals surface area contributed by atoms with Gasteiger partial charge in [-0.1, -0.05) is 29.8 Å². The molecule has 3 aromatic rings. The Morgan fingerprint density at radius 3 is 2.29 bits per heavy atom. The second kappa shape index (κ2) is 9.85. The molecule has 0 spiro atoms. The lowest BCUT2D eigenvalue weighted by Crippen LogP contribution is -2.22. The number of carbonyl (C=O) groups is 2. The summed E-state index contributed by atoms with van der Waals surface area (Å²) in [4.78, 5) is 26.0. The molecule has 0 unspecified atom stereocenters. The number of amides is 3. The maximum Gasteiger partial charge on any atom is 0.417 e. The van der Waals surface area contributed by atoms with Crippen molar-refractivity contribution in [3.05, 3.63) is 87.9 Å². The first kappa shape index (κ1) is 24.4. The maximum atomic E-state index is 13.1. The van der Waals surface area contributed by atoms with Crippen molar-refractivity contribution in [2.24, 2.45) is 0 Å². The Kier molecular flexibility index (Phi) is 6.86. The number of alkyl halides is 3. The molecule has 1 aliphatic rings. The number of nitrogens with one attached hydrogen (secondary N) is 3. The van der Waals surface area contributed by atoms with Crippen LogP contribution in [0.2, 0.25) is 5.02 Å². The van der Waals surface area contributed by atoms with E-state index < -0.39 is 28.7 Å². The van der Waals surface area contributed by atoms with E-state index in [1.54, 1.807) is 41.9 Å². The fourth-order valence-electron chi connectivity index (χ4n) is 3.85. The zero-order valence-electron chi connectivity index (χ0n) is 18.1. The van der Waals surface area contributed by atoms with Gasteiger partial charge in [0.15, 0.2) is 0 Å². The van der Waals surface area contributed by atoms with E-state index in [2.05, 4.69) is 15.5 Å². The molecule has 7 nitrogen and oxygen atoms in total. The first-order valence-corrected chi connectivity index (χ1v) is 10.9. The number of nitrogens with zero attached hydrogens (tertiary/aromatic N) is 1. The number of anilines is 3. The quantitative estimate of drug-likeness (QED) is 0.265. The summed E-state index contributed by atoms with van der Waals surface area (Å²) in [5.74, 6) is -0.592. The standard InChI is InChI=1S/C24H20ClF3N4O3/c25-20-8-7-17(11-19(20)24(26,27)28)29-23(34)30-18-6-5-15-9-10-32(21(15)12-18)13-14-1-3-16(4-2-14)22(33)31-35/h1-8,11-12,35H,9-10,13H2,(H,31,33)(H2,29,30,34). The molecule has 0 atom stereocenters. The molecule has 11 heteroatoms. The molecule has 0 saturated heterocycles. The Hall–Kier alpha value is -3.76. The molecule has 182 valence electrons. The summed E-state index contributed by atoms with van der Waals surface area (Å²) in [6, 6.07) is 14.7. The summed E-state index contributed by atoms with van der Waals surface area (Å²) in [7, 11) is 0. The predicted molar refractivity (Wildman–Crippen MR) is 126 cm³/mol. The third-order valence-electron chi connectivity index (χ3n) is 5.56. The van der Waals surface area contributed by atoms with Gasteiger partial charge in [0.05, 0.1) is 10.6 Å². The summed E-state index contributed by atoms with van der Waals surface area (Å²) < 4.78 is 39.2. The van der Waals surface area contributed by atoms with E-state index in [1.807, 2.05) is 6.07 Å². The van der Waals surface area contributed by atoms with Crippen molar-refractivity contribution < 1.29 is 28.0 Å². The van der Waals surface area contributed by atoms with Crippen molar-refractivity contribution in [2.75, 3.05) is 22.1 Å². The summed E-state index contributed by atoms with van der Waals surface area (Å²) in [6.45, 7) is 1.32. The van der Waals surface area contributed by atoms with Gasteiger partial charge in [-0.15, -0.1) is 0 Å². The third kappa shape index (κ3) is 5.67. The first-order valence-electron chi connectivity index (χ1n) is 10.5. The van der Waals surface area contributed by atoms with Crippen LogP contribution in [0.3, 0.4) is 0 Å². The molecule has 1 aliphatic heterocycles. The molecule has 0 fully saturated rings. The summed E-state index contributed by atoms with van der Waals surface area (Å²) >= 11 is 5.62. The highest BCUT2D eigenvalue weighted by molar-refractivity contribution is 6.31. The minimum absolute atomic E-state index is 0.0414. The van der Waals surface area contributed by atoms with E-state index in [0.29, 0.717) is 17.8 Å². The Labute approximate surface area is 203 Å². The number of carbonyl (C=O) groups excluding carboxylic acids is 2. The Balaban J connectivity index is 1.44. The van der Waals surface area contributed by atoms with Crippen LogP contribution in [0.25, 0.3) is 0 Å². The summed E-state index contributed by atoms with van der Waals surface area (Å²) in [6.07, 6.45) is -3.82. The van der Waals surface area contributed by atoms with E-state index in [9.17, 15) is 22.8 Å². The van der Waals surface area contributed by atoms with Crippen LogP contribution in [0.5, 0.6) is 0 Å². The van der Waals surface area contributed by atoms with Gasteiger partial charge in [0, 0.05) is 35.7 Å². The molecular formula is C24H20ClF3N4O3. The summed E-state index contributed by atoms with van der Waals surface area (Å²) in [5.41, 5.74) is 4.30. The topological polar surface area (TPSA) is 93.7 Å². The van der Waals surface area contributed by atoms with Crippen molar-refractivity contribution in [3.8, 4) is 0 Å². The average Bonchev–Trinajstić information content (AvgIpc) is 3.21. The van der Waals surface area contributed by atoms with Gasteiger partial charge in [-0.2, -0.15) is 13.2 Å². The van der Waals surface area contributed by atoms with Crippen molar-refractivity contribution >= 4 is 40.6 Å². The van der Waals surface area contributed by atoms with Gasteiger partial charge >= 0.3 is 12.2 Å². The molecule has 0 aliphatic carbocycles. The van der Waals surface area contributed by atoms with E-state index >= 15 is 0 Å². The molecule has 0 radical (unpaired) electrons. The maximum absolute atomic E-state index is 13.1. The highest BCUT2D eigenvalue weighted by atomic mass is 35.5. The molecule has 0 saturated carbocycles. The van der Waals surface area contributed by atoms with Crippen LogP contribution in [-0.2, 0) is 19.1 Å². The number of hydroxylamine groups is 1. The number of fused-ring (bicyclic) bond motifs is 1. The van der Waals surface area contributed by atoms with Crippen LogP contribution in [0, 0.1) is 0 Å². The van der Waals surface area contributed by atoms with E-state index in [4.69, 9.17) is 16.8 Å². The normalized spacial score (nSPS) is 12.8. The van der Waals surface area contributed by atoms with Gasteiger partial charge in [-0.05, 0) is 60.0 Å². The predicted octanol–water partition coefficient (Wildman–Crippen LogP) is 5.68. The Morgan fingerprint density at radius 2 is 1.63 bits per heavy atom. The van der Waals surface area contributed by atoms with Gasteiger partial charge in [0.25, 0.3) is 5.91 Å². The number of rotatable bonds is 5. The number of urea groups is 1. The largest absolute Gasteiger partial charge is 0.417 e. The van der Waals surface area contributed by atoms with Crippen LogP contribution >= 0.6 is 11.6 Å². The monoisotopic (exact) mass is 504 g/mol. The highest BCUT2D eigenvalue weighted by Crippen LogP contribution is 2.36. The lowest BCUT2D eigenvalue weighted by Gasteiger charge is -2.20. The molecule has 0 aromatic heterocycles. The minimum Gasteiger partial charge on any atom is -0.367 e. The molecule has 3 amide bonds. The molecule has 1 heterocycles. The van der Waals surface area contributed by atoms with Gasteiger partial charge in [-0.25, -0.2) is 10.3 Å². The van der Waals surface area contributed by atoms with Crippen molar-refractivity contribution in [1.82, 2.24) is 5.48 Å². The first-order chi connectivity index (χ1) is 16.6. The second-order valence-electron chi connectivity index (χ2n) is 7.92. The molecule has 4 rings (SSSR count). The highest BCUT2D eigenvalue weighted by Gasteiger charge is 2.33. The third-order valence-corrected chi connectivity index (χ3v) is 5.89. The lowest BCUT2D eigenvalue weighted by atomic mass is 10.1.